The Morgan fingerprint density at radius 1 is 0.881 bits per heavy atom. The van der Waals surface area contributed by atoms with Gasteiger partial charge in [-0.05, 0) is 11.6 Å². The lowest BCUT2D eigenvalue weighted by molar-refractivity contribution is -0.122. The summed E-state index contributed by atoms with van der Waals surface area (Å²) in [7, 11) is 1.15. The number of aromatic hydroxyl groups is 1. The van der Waals surface area contributed by atoms with Crippen molar-refractivity contribution in [2.24, 2.45) is 7.05 Å². The molecule has 1 saturated carbocycles. The molecule has 1 saturated heterocycles. The Bertz CT molecular complexity index is 1910. The first-order valence-electron chi connectivity index (χ1n) is 11.9. The van der Waals surface area contributed by atoms with Gasteiger partial charge in [0, 0.05) is 24.9 Å². The van der Waals surface area contributed by atoms with E-state index >= 15 is 0 Å². The van der Waals surface area contributed by atoms with E-state index in [0.717, 1.165) is 39.2 Å². The molecule has 1 aromatic heterocycles. The lowest BCUT2D eigenvalue weighted by Gasteiger charge is -2.49. The molecule has 1 aliphatic carbocycles. The molecule has 220 valence electrons. The molecule has 6 rings (SSSR count). The average Bonchev–Trinajstić information content (AvgIpc) is 3.26. The highest BCUT2D eigenvalue weighted by Gasteiger charge is 2.76. The number of hydrogen-bond acceptors (Lipinski definition) is 5. The van der Waals surface area contributed by atoms with Gasteiger partial charge in [0.05, 0.1) is 12.6 Å². The van der Waals surface area contributed by atoms with Crippen molar-refractivity contribution in [1.29, 1.82) is 0 Å². The third kappa shape index (κ3) is 3.12. The van der Waals surface area contributed by atoms with E-state index in [4.69, 9.17) is 23.2 Å². The number of alkyl halides is 2. The second kappa shape index (κ2) is 8.77. The number of allylic oxidation sites excluding steroid dienone is 2. The number of nitrogens with zero attached hydrogens (tertiary/aromatic N) is 4. The summed E-state index contributed by atoms with van der Waals surface area (Å²) in [6, 6.07) is 1.65. The molecule has 0 spiro atoms. The molecule has 1 N–H and O–H groups in total. The first-order chi connectivity index (χ1) is 19.6. The molecule has 9 nitrogen and oxygen atoms in total. The van der Waals surface area contributed by atoms with E-state index in [2.05, 4.69) is 0 Å². The number of carbonyl (C=O) groups excluding carboxylic acids is 2. The standard InChI is InChI=1S/C25H14Cl2F6N4O5/c1-34-22(41)35-6-5-8-11(37(35)23(34)42)7-24(26)20(39)36(18-16(32)14(30)13(29)15(31)17(18)33)21(40)25(24,27)12(8)9-3-2-4-10(28)19(9)38/h2-5,11-12,38H,6-7H2,1H3/t11-,12-,24-,25+/m1/s1. The summed E-state index contributed by atoms with van der Waals surface area (Å²) < 4.78 is 89.1. The Hall–Kier alpha value is -3.98. The average molecular weight is 635 g/mol. The molecule has 2 aliphatic heterocycles. The van der Waals surface area contributed by atoms with Crippen LogP contribution in [0.3, 0.4) is 0 Å². The zero-order valence-corrected chi connectivity index (χ0v) is 22.3. The summed E-state index contributed by atoms with van der Waals surface area (Å²) in [6.07, 6.45) is 0.510. The normalized spacial score (nSPS) is 26.7. The first-order valence-corrected chi connectivity index (χ1v) is 12.7. The number of halogens is 8. The maximum Gasteiger partial charge on any atom is 0.347 e. The fourth-order valence-electron chi connectivity index (χ4n) is 6.05. The molecule has 3 heterocycles. The van der Waals surface area contributed by atoms with E-state index < -0.39 is 103 Å². The summed E-state index contributed by atoms with van der Waals surface area (Å²) in [4.78, 5) is 47.5. The van der Waals surface area contributed by atoms with Gasteiger partial charge in [0.25, 0.3) is 11.8 Å². The van der Waals surface area contributed by atoms with Crippen LogP contribution in [0.1, 0.15) is 23.9 Å². The quantitative estimate of drug-likeness (QED) is 0.116. The van der Waals surface area contributed by atoms with Crippen LogP contribution >= 0.6 is 23.2 Å². The van der Waals surface area contributed by atoms with E-state index in [1.165, 1.54) is 6.08 Å². The van der Waals surface area contributed by atoms with E-state index in [9.17, 15) is 50.6 Å². The Labute approximate surface area is 239 Å². The highest BCUT2D eigenvalue weighted by molar-refractivity contribution is 6.58. The molecule has 2 amide bonds. The molecule has 4 atom stereocenters. The van der Waals surface area contributed by atoms with Crippen molar-refractivity contribution >= 4 is 40.7 Å². The number of aromatic nitrogens is 3. The third-order valence-electron chi connectivity index (χ3n) is 8.01. The van der Waals surface area contributed by atoms with Crippen LogP contribution in [-0.4, -0.2) is 40.6 Å². The van der Waals surface area contributed by atoms with Crippen molar-refractivity contribution in [2.75, 3.05) is 4.90 Å². The van der Waals surface area contributed by atoms with Crippen molar-refractivity contribution in [2.45, 2.75) is 34.7 Å². The lowest BCUT2D eigenvalue weighted by atomic mass is 9.64. The molecule has 0 bridgehead atoms. The minimum atomic E-state index is -2.89. The highest BCUT2D eigenvalue weighted by atomic mass is 35.5. The Morgan fingerprint density at radius 3 is 2.10 bits per heavy atom. The van der Waals surface area contributed by atoms with Gasteiger partial charge in [0.1, 0.15) is 5.69 Å². The summed E-state index contributed by atoms with van der Waals surface area (Å²) in [6.45, 7) is -0.306. The lowest BCUT2D eigenvalue weighted by Crippen LogP contribution is -2.59. The Kier molecular flexibility index (Phi) is 5.88. The van der Waals surface area contributed by atoms with Crippen molar-refractivity contribution in [3.63, 3.8) is 0 Å². The van der Waals surface area contributed by atoms with Crippen LogP contribution in [0, 0.1) is 34.9 Å². The van der Waals surface area contributed by atoms with Crippen molar-refractivity contribution in [3.8, 4) is 5.75 Å². The van der Waals surface area contributed by atoms with Gasteiger partial charge in [-0.25, -0.2) is 54.8 Å². The molecule has 3 aliphatic rings. The van der Waals surface area contributed by atoms with Crippen LogP contribution in [-0.2, 0) is 23.2 Å². The Balaban J connectivity index is 1.68. The van der Waals surface area contributed by atoms with Crippen LogP contribution in [0.2, 0.25) is 0 Å². The largest absolute Gasteiger partial charge is 0.505 e. The number of para-hydroxylation sites is 1. The van der Waals surface area contributed by atoms with Gasteiger partial charge in [-0.2, -0.15) is 0 Å². The predicted molar refractivity (Wildman–Crippen MR) is 132 cm³/mol. The molecule has 0 radical (unpaired) electrons. The fraction of sp³-hybridized carbons (Fsp3) is 0.280. The maximum absolute atomic E-state index is 14.9. The third-order valence-corrected chi connectivity index (χ3v) is 9.42. The van der Waals surface area contributed by atoms with Gasteiger partial charge in [-0.3, -0.25) is 9.59 Å². The number of phenolic OH excluding ortho intramolecular Hbond substituents is 1. The zero-order valence-electron chi connectivity index (χ0n) is 20.8. The Morgan fingerprint density at radius 2 is 1.48 bits per heavy atom. The highest BCUT2D eigenvalue weighted by Crippen LogP contribution is 2.64. The van der Waals surface area contributed by atoms with Gasteiger partial charge in [0.15, 0.2) is 44.6 Å². The van der Waals surface area contributed by atoms with Gasteiger partial charge < -0.3 is 5.11 Å². The van der Waals surface area contributed by atoms with Gasteiger partial charge in [-0.15, -0.1) is 23.2 Å². The molecule has 2 fully saturated rings. The molecule has 42 heavy (non-hydrogen) atoms. The fourth-order valence-corrected chi connectivity index (χ4v) is 6.96. The van der Waals surface area contributed by atoms with Crippen LogP contribution in [0.25, 0.3) is 0 Å². The minimum absolute atomic E-state index is 0.0183. The van der Waals surface area contributed by atoms with E-state index in [0.29, 0.717) is 0 Å². The number of phenols is 1. The van der Waals surface area contributed by atoms with E-state index in [1.54, 1.807) is 0 Å². The number of amides is 2. The molecule has 2 aromatic carbocycles. The second-order valence-electron chi connectivity index (χ2n) is 9.96. The zero-order chi connectivity index (χ0) is 30.8. The van der Waals surface area contributed by atoms with Gasteiger partial charge >= 0.3 is 11.4 Å². The summed E-state index contributed by atoms with van der Waals surface area (Å²) in [5.41, 5.74) is -4.12. The second-order valence-corrected chi connectivity index (χ2v) is 11.2. The number of anilines is 1. The van der Waals surface area contributed by atoms with Crippen LogP contribution in [0.15, 0.2) is 39.4 Å². The topological polar surface area (TPSA) is 107 Å². The minimum Gasteiger partial charge on any atom is -0.505 e. The monoisotopic (exact) mass is 634 g/mol. The predicted octanol–water partition coefficient (Wildman–Crippen LogP) is 3.09. The summed E-state index contributed by atoms with van der Waals surface area (Å²) in [5.74, 6) is -20.2. The van der Waals surface area contributed by atoms with Crippen molar-refractivity contribution in [3.05, 3.63) is 91.3 Å². The van der Waals surface area contributed by atoms with Gasteiger partial charge in [-0.1, -0.05) is 18.2 Å². The summed E-state index contributed by atoms with van der Waals surface area (Å²) in [5, 5.41) is 10.7. The molecular weight excluding hydrogens is 621 g/mol. The molecular formula is C25H14Cl2F6N4O5. The number of imide groups is 1. The van der Waals surface area contributed by atoms with E-state index in [1.807, 2.05) is 0 Å². The molecule has 3 aromatic rings. The first kappa shape index (κ1) is 28.2. The number of benzene rings is 2. The number of hydrogen-bond donors (Lipinski definition) is 1. The SMILES string of the molecule is Cn1c(=O)n2n(c1=O)[C@@H]1C[C@@]3(Cl)C(=O)N(c4c(F)c(F)c(F)c(F)c4F)C(=O)[C@@]3(Cl)[C@@H](c3cccc(F)c3O)C1=CC2. The smallest absolute Gasteiger partial charge is 0.347 e. The van der Waals surface area contributed by atoms with Crippen LogP contribution in [0.5, 0.6) is 5.75 Å². The van der Waals surface area contributed by atoms with Gasteiger partial charge in [0.2, 0.25) is 5.82 Å². The van der Waals surface area contributed by atoms with Crippen molar-refractivity contribution in [1.82, 2.24) is 13.9 Å². The number of fused-ring (bicyclic) bond motifs is 4. The number of rotatable bonds is 2. The number of carbonyl (C=O) groups is 2. The maximum atomic E-state index is 14.9. The van der Waals surface area contributed by atoms with Crippen LogP contribution < -0.4 is 16.3 Å². The van der Waals surface area contributed by atoms with E-state index in [-0.39, 0.29) is 17.0 Å². The summed E-state index contributed by atoms with van der Waals surface area (Å²) >= 11 is 13.7. The molecule has 17 heteroatoms. The molecule has 0 unspecified atom stereocenters. The van der Waals surface area contributed by atoms with Crippen LogP contribution in [0.4, 0.5) is 32.0 Å². The van der Waals surface area contributed by atoms with Crippen molar-refractivity contribution < 1.29 is 41.0 Å².